The van der Waals surface area contributed by atoms with Gasteiger partial charge < -0.3 is 4.74 Å². The molecule has 4 aromatic rings. The third kappa shape index (κ3) is 4.31. The van der Waals surface area contributed by atoms with Crippen LogP contribution in [0.1, 0.15) is 28.3 Å². The molecule has 0 saturated carbocycles. The maximum atomic E-state index is 12.8. The smallest absolute Gasteiger partial charge is 0.265 e. The minimum Gasteiger partial charge on any atom is -0.439 e. The molecular weight excluding hydrogens is 442 g/mol. The van der Waals surface area contributed by atoms with Crippen molar-refractivity contribution >= 4 is 15.7 Å². The van der Waals surface area contributed by atoms with Crippen LogP contribution in [0, 0.1) is 34.6 Å². The van der Waals surface area contributed by atoms with Crippen LogP contribution >= 0.6 is 0 Å². The lowest BCUT2D eigenvalue weighted by Crippen LogP contribution is -2.14. The van der Waals surface area contributed by atoms with Crippen LogP contribution in [0.25, 0.3) is 5.82 Å². The molecule has 1 aromatic carbocycles. The molecule has 0 atom stereocenters. The molecular formula is C22H25N7O3S. The normalized spacial score (nSPS) is 11.6. The van der Waals surface area contributed by atoms with Crippen LogP contribution in [0.5, 0.6) is 11.6 Å². The summed E-state index contributed by atoms with van der Waals surface area (Å²) in [6.07, 6.45) is 1.41. The van der Waals surface area contributed by atoms with Gasteiger partial charge in [-0.2, -0.15) is 10.2 Å². The Morgan fingerprint density at radius 1 is 0.909 bits per heavy atom. The summed E-state index contributed by atoms with van der Waals surface area (Å²) < 4.78 is 37.4. The molecule has 0 amide bonds. The van der Waals surface area contributed by atoms with Crippen LogP contribution < -0.4 is 9.46 Å². The van der Waals surface area contributed by atoms with Crippen molar-refractivity contribution in [2.24, 2.45) is 7.05 Å². The Hall–Kier alpha value is -3.73. The topological polar surface area (TPSA) is 117 Å². The molecule has 3 heterocycles. The van der Waals surface area contributed by atoms with Crippen molar-refractivity contribution in [1.29, 1.82) is 0 Å². The molecule has 0 saturated heterocycles. The first kappa shape index (κ1) is 22.5. The Morgan fingerprint density at radius 3 is 2.18 bits per heavy atom. The van der Waals surface area contributed by atoms with Gasteiger partial charge in [-0.25, -0.2) is 23.1 Å². The number of hydrogen-bond acceptors (Lipinski definition) is 7. The monoisotopic (exact) mass is 467 g/mol. The van der Waals surface area contributed by atoms with Crippen molar-refractivity contribution in [3.63, 3.8) is 0 Å². The van der Waals surface area contributed by atoms with E-state index in [1.54, 1.807) is 60.6 Å². The van der Waals surface area contributed by atoms with E-state index in [0.29, 0.717) is 34.5 Å². The summed E-state index contributed by atoms with van der Waals surface area (Å²) in [5.41, 5.74) is 4.45. The molecule has 0 aliphatic heterocycles. The average molecular weight is 468 g/mol. The van der Waals surface area contributed by atoms with Crippen LogP contribution in [0.3, 0.4) is 0 Å². The number of rotatable bonds is 6. The molecule has 10 nitrogen and oxygen atoms in total. The van der Waals surface area contributed by atoms with Gasteiger partial charge in [0.2, 0.25) is 5.88 Å². The van der Waals surface area contributed by atoms with Gasteiger partial charge in [0.05, 0.1) is 17.1 Å². The summed E-state index contributed by atoms with van der Waals surface area (Å²) in [6.45, 7) is 9.33. The number of anilines is 1. The Bertz CT molecular complexity index is 1440. The van der Waals surface area contributed by atoms with Crippen LogP contribution in [-0.4, -0.2) is 37.9 Å². The molecule has 172 valence electrons. The quantitative estimate of drug-likeness (QED) is 0.461. The van der Waals surface area contributed by atoms with Crippen LogP contribution in [0.2, 0.25) is 0 Å². The number of hydrogen-bond donors (Lipinski definition) is 1. The van der Waals surface area contributed by atoms with Gasteiger partial charge in [-0.15, -0.1) is 0 Å². The van der Waals surface area contributed by atoms with E-state index in [9.17, 15) is 8.42 Å². The van der Waals surface area contributed by atoms with E-state index in [4.69, 9.17) is 4.74 Å². The summed E-state index contributed by atoms with van der Waals surface area (Å²) in [7, 11) is -2.06. The highest BCUT2D eigenvalue weighted by atomic mass is 32.2. The lowest BCUT2D eigenvalue weighted by Gasteiger charge is -2.10. The van der Waals surface area contributed by atoms with E-state index in [-0.39, 0.29) is 4.90 Å². The van der Waals surface area contributed by atoms with E-state index in [0.717, 1.165) is 17.0 Å². The molecule has 0 bridgehead atoms. The van der Waals surface area contributed by atoms with Crippen molar-refractivity contribution in [2.45, 2.75) is 39.5 Å². The van der Waals surface area contributed by atoms with Gasteiger partial charge in [-0.05, 0) is 64.4 Å². The fourth-order valence-corrected chi connectivity index (χ4v) is 5.01. The predicted octanol–water partition coefficient (Wildman–Crippen LogP) is 3.53. The van der Waals surface area contributed by atoms with Crippen molar-refractivity contribution in [1.82, 2.24) is 29.5 Å². The summed E-state index contributed by atoms with van der Waals surface area (Å²) in [5, 5.41) is 8.69. The van der Waals surface area contributed by atoms with Gasteiger partial charge in [0.1, 0.15) is 17.0 Å². The molecule has 1 N–H and O–H groups in total. The third-order valence-electron chi connectivity index (χ3n) is 5.54. The summed E-state index contributed by atoms with van der Waals surface area (Å²) in [6, 6.07) is 8.27. The van der Waals surface area contributed by atoms with Crippen molar-refractivity contribution in [3.05, 3.63) is 65.0 Å². The van der Waals surface area contributed by atoms with E-state index in [1.165, 1.54) is 6.33 Å². The number of nitrogens with zero attached hydrogens (tertiary/aromatic N) is 6. The fourth-order valence-electron chi connectivity index (χ4n) is 3.51. The second-order valence-corrected chi connectivity index (χ2v) is 9.40. The Labute approximate surface area is 192 Å². The molecule has 0 aliphatic rings. The van der Waals surface area contributed by atoms with Gasteiger partial charge >= 0.3 is 0 Å². The summed E-state index contributed by atoms with van der Waals surface area (Å²) in [5.74, 6) is 1.45. The largest absolute Gasteiger partial charge is 0.439 e. The van der Waals surface area contributed by atoms with Crippen LogP contribution in [-0.2, 0) is 17.1 Å². The maximum Gasteiger partial charge on any atom is 0.265 e. The lowest BCUT2D eigenvalue weighted by molar-refractivity contribution is 0.460. The summed E-state index contributed by atoms with van der Waals surface area (Å²) >= 11 is 0. The zero-order chi connectivity index (χ0) is 23.9. The first-order valence-electron chi connectivity index (χ1n) is 10.2. The molecule has 0 aliphatic carbocycles. The Kier molecular flexibility index (Phi) is 5.66. The van der Waals surface area contributed by atoms with Crippen LogP contribution in [0.4, 0.5) is 5.69 Å². The molecule has 11 heteroatoms. The summed E-state index contributed by atoms with van der Waals surface area (Å²) in [4.78, 5) is 8.64. The maximum absolute atomic E-state index is 12.8. The van der Waals surface area contributed by atoms with E-state index < -0.39 is 10.0 Å². The molecule has 0 spiro atoms. The number of sulfonamides is 1. The van der Waals surface area contributed by atoms with Gasteiger partial charge in [0.15, 0.2) is 5.82 Å². The molecule has 3 aromatic heterocycles. The van der Waals surface area contributed by atoms with Crippen molar-refractivity contribution in [2.75, 3.05) is 4.72 Å². The van der Waals surface area contributed by atoms with E-state index >= 15 is 0 Å². The second kappa shape index (κ2) is 8.32. The first-order chi connectivity index (χ1) is 15.6. The van der Waals surface area contributed by atoms with Gasteiger partial charge in [-0.1, -0.05) is 0 Å². The minimum absolute atomic E-state index is 0.179. The van der Waals surface area contributed by atoms with E-state index in [2.05, 4.69) is 24.9 Å². The standard InChI is InChI=1S/C22H25N7O3S/c1-13-14(2)26-29(16(13)4)20-11-21(24-12-23-20)32-19-9-7-18(8-10-19)27-33(30,31)22-15(3)25-28(6)17(22)5/h7-12,27H,1-6H3. The molecule has 33 heavy (non-hydrogen) atoms. The van der Waals surface area contributed by atoms with Crippen molar-refractivity contribution < 1.29 is 13.2 Å². The number of ether oxygens (including phenoxy) is 1. The Morgan fingerprint density at radius 2 is 1.61 bits per heavy atom. The molecule has 4 rings (SSSR count). The average Bonchev–Trinajstić information content (AvgIpc) is 3.18. The lowest BCUT2D eigenvalue weighted by atomic mass is 10.2. The van der Waals surface area contributed by atoms with Gasteiger partial charge in [0, 0.05) is 24.5 Å². The van der Waals surface area contributed by atoms with Crippen LogP contribution in [0.15, 0.2) is 41.6 Å². The highest BCUT2D eigenvalue weighted by Crippen LogP contribution is 2.26. The zero-order valence-electron chi connectivity index (χ0n) is 19.3. The Balaban J connectivity index is 1.52. The highest BCUT2D eigenvalue weighted by Gasteiger charge is 2.23. The molecule has 0 fully saturated rings. The second-order valence-electron chi connectivity index (χ2n) is 7.78. The van der Waals surface area contributed by atoms with E-state index in [1.807, 2.05) is 20.8 Å². The predicted molar refractivity (Wildman–Crippen MR) is 123 cm³/mol. The van der Waals surface area contributed by atoms with Crippen molar-refractivity contribution in [3.8, 4) is 17.4 Å². The zero-order valence-corrected chi connectivity index (χ0v) is 20.1. The third-order valence-corrected chi connectivity index (χ3v) is 7.17. The first-order valence-corrected chi connectivity index (χ1v) is 11.7. The highest BCUT2D eigenvalue weighted by molar-refractivity contribution is 7.92. The SMILES string of the molecule is Cc1nn(-c2cc(Oc3ccc(NS(=O)(=O)c4c(C)nn(C)c4C)cc3)ncn2)c(C)c1C. The number of benzene rings is 1. The number of nitrogens with one attached hydrogen (secondary N) is 1. The van der Waals surface area contributed by atoms with Gasteiger partial charge in [0.25, 0.3) is 10.0 Å². The minimum atomic E-state index is -3.77. The number of aryl methyl sites for hydroxylation is 3. The number of aromatic nitrogens is 6. The fraction of sp³-hybridized carbons (Fsp3) is 0.273. The van der Waals surface area contributed by atoms with Gasteiger partial charge in [-0.3, -0.25) is 9.40 Å². The molecule has 0 radical (unpaired) electrons. The molecule has 0 unspecified atom stereocenters.